The normalized spacial score (nSPS) is 13.2. The Morgan fingerprint density at radius 2 is 2.31 bits per heavy atom. The van der Waals surface area contributed by atoms with Crippen molar-refractivity contribution in [3.05, 3.63) is 12.2 Å². The fourth-order valence-electron chi connectivity index (χ4n) is 1.00. The number of ether oxygens (including phenoxy) is 1. The first-order chi connectivity index (χ1) is 6.26. The van der Waals surface area contributed by atoms with Crippen molar-refractivity contribution < 1.29 is 9.53 Å². The van der Waals surface area contributed by atoms with Gasteiger partial charge in [0.2, 0.25) is 5.91 Å². The molecule has 0 heterocycles. The lowest BCUT2D eigenvalue weighted by atomic mass is 10.1. The Labute approximate surface area is 80.2 Å². The molecule has 0 spiro atoms. The van der Waals surface area contributed by atoms with Gasteiger partial charge in [0.05, 0.1) is 12.5 Å². The standard InChI is InChI=1S/C10H19NO2/c1-4-6-7-11-10(12)9(5-2)8-13-3/h4,6,9H,5,7-8H2,1-3H3,(H,11,12)/b6-4+. The second-order valence-electron chi connectivity index (χ2n) is 2.87. The third-order valence-electron chi connectivity index (χ3n) is 1.86. The molecular weight excluding hydrogens is 166 g/mol. The van der Waals surface area contributed by atoms with Crippen LogP contribution in [0.15, 0.2) is 12.2 Å². The molecule has 0 aromatic rings. The van der Waals surface area contributed by atoms with E-state index in [-0.39, 0.29) is 11.8 Å². The number of carbonyl (C=O) groups is 1. The highest BCUT2D eigenvalue weighted by Gasteiger charge is 2.14. The van der Waals surface area contributed by atoms with Crippen LogP contribution >= 0.6 is 0 Å². The molecule has 0 aliphatic carbocycles. The molecule has 3 nitrogen and oxygen atoms in total. The Morgan fingerprint density at radius 3 is 2.77 bits per heavy atom. The SMILES string of the molecule is C/C=C/CNC(=O)C(CC)COC. The highest BCUT2D eigenvalue weighted by Crippen LogP contribution is 2.02. The first-order valence-corrected chi connectivity index (χ1v) is 4.64. The second-order valence-corrected chi connectivity index (χ2v) is 2.87. The minimum Gasteiger partial charge on any atom is -0.384 e. The molecule has 0 radical (unpaired) electrons. The number of hydrogen-bond acceptors (Lipinski definition) is 2. The maximum absolute atomic E-state index is 11.4. The summed E-state index contributed by atoms with van der Waals surface area (Å²) in [4.78, 5) is 11.4. The summed E-state index contributed by atoms with van der Waals surface area (Å²) in [5.41, 5.74) is 0. The maximum atomic E-state index is 11.4. The largest absolute Gasteiger partial charge is 0.384 e. The number of amides is 1. The van der Waals surface area contributed by atoms with Gasteiger partial charge in [0, 0.05) is 13.7 Å². The summed E-state index contributed by atoms with van der Waals surface area (Å²) in [6.45, 7) is 5.02. The lowest BCUT2D eigenvalue weighted by Crippen LogP contribution is -2.32. The quantitative estimate of drug-likeness (QED) is 0.634. The number of carbonyl (C=O) groups excluding carboxylic acids is 1. The van der Waals surface area contributed by atoms with Gasteiger partial charge in [0.1, 0.15) is 0 Å². The van der Waals surface area contributed by atoms with Crippen LogP contribution in [-0.4, -0.2) is 26.2 Å². The van der Waals surface area contributed by atoms with Gasteiger partial charge >= 0.3 is 0 Å². The number of hydrogen-bond donors (Lipinski definition) is 1. The zero-order valence-electron chi connectivity index (χ0n) is 8.67. The zero-order chi connectivity index (χ0) is 10.1. The maximum Gasteiger partial charge on any atom is 0.225 e. The minimum absolute atomic E-state index is 0.0183. The lowest BCUT2D eigenvalue weighted by Gasteiger charge is -2.12. The van der Waals surface area contributed by atoms with Crippen LogP contribution in [0.1, 0.15) is 20.3 Å². The molecule has 1 atom stereocenters. The topological polar surface area (TPSA) is 38.3 Å². The van der Waals surface area contributed by atoms with E-state index in [1.54, 1.807) is 7.11 Å². The lowest BCUT2D eigenvalue weighted by molar-refractivity contribution is -0.126. The van der Waals surface area contributed by atoms with Crippen molar-refractivity contribution in [3.8, 4) is 0 Å². The molecule has 0 aliphatic heterocycles. The van der Waals surface area contributed by atoms with Crippen molar-refractivity contribution in [1.29, 1.82) is 0 Å². The highest BCUT2D eigenvalue weighted by atomic mass is 16.5. The Balaban J connectivity index is 3.77. The first kappa shape index (κ1) is 12.2. The van der Waals surface area contributed by atoms with Gasteiger partial charge in [-0.2, -0.15) is 0 Å². The molecule has 0 aromatic heterocycles. The zero-order valence-corrected chi connectivity index (χ0v) is 8.67. The van der Waals surface area contributed by atoms with E-state index in [1.165, 1.54) is 0 Å². The van der Waals surface area contributed by atoms with Crippen molar-refractivity contribution in [2.24, 2.45) is 5.92 Å². The average Bonchev–Trinajstić information content (AvgIpc) is 2.14. The van der Waals surface area contributed by atoms with Gasteiger partial charge in [-0.3, -0.25) is 4.79 Å². The summed E-state index contributed by atoms with van der Waals surface area (Å²) in [7, 11) is 1.61. The molecular formula is C10H19NO2. The van der Waals surface area contributed by atoms with Crippen LogP contribution < -0.4 is 5.32 Å². The number of rotatable bonds is 6. The smallest absolute Gasteiger partial charge is 0.225 e. The van der Waals surface area contributed by atoms with E-state index in [9.17, 15) is 4.79 Å². The van der Waals surface area contributed by atoms with Gasteiger partial charge in [0.25, 0.3) is 0 Å². The van der Waals surface area contributed by atoms with Crippen molar-refractivity contribution >= 4 is 5.91 Å². The number of allylic oxidation sites excluding steroid dienone is 1. The van der Waals surface area contributed by atoms with Gasteiger partial charge in [0.15, 0.2) is 0 Å². The average molecular weight is 185 g/mol. The summed E-state index contributed by atoms with van der Waals surface area (Å²) < 4.78 is 4.94. The molecule has 0 aliphatic rings. The van der Waals surface area contributed by atoms with Crippen LogP contribution in [0, 0.1) is 5.92 Å². The molecule has 1 N–H and O–H groups in total. The Hall–Kier alpha value is -0.830. The fraction of sp³-hybridized carbons (Fsp3) is 0.700. The number of nitrogens with one attached hydrogen (secondary N) is 1. The van der Waals surface area contributed by atoms with Crippen LogP contribution in [0.2, 0.25) is 0 Å². The van der Waals surface area contributed by atoms with E-state index in [4.69, 9.17) is 4.74 Å². The molecule has 76 valence electrons. The predicted octanol–water partition coefficient (Wildman–Crippen LogP) is 1.35. The van der Waals surface area contributed by atoms with E-state index in [0.29, 0.717) is 13.2 Å². The Bertz CT molecular complexity index is 166. The van der Waals surface area contributed by atoms with Crippen molar-refractivity contribution in [1.82, 2.24) is 5.32 Å². The number of methoxy groups -OCH3 is 1. The van der Waals surface area contributed by atoms with E-state index in [2.05, 4.69) is 5.32 Å². The molecule has 0 aromatic carbocycles. The van der Waals surface area contributed by atoms with Crippen molar-refractivity contribution in [3.63, 3.8) is 0 Å². The van der Waals surface area contributed by atoms with Gasteiger partial charge in [-0.1, -0.05) is 19.1 Å². The predicted molar refractivity (Wildman–Crippen MR) is 53.5 cm³/mol. The molecule has 0 rings (SSSR count). The summed E-state index contributed by atoms with van der Waals surface area (Å²) >= 11 is 0. The van der Waals surface area contributed by atoms with E-state index >= 15 is 0 Å². The molecule has 0 bridgehead atoms. The molecule has 13 heavy (non-hydrogen) atoms. The van der Waals surface area contributed by atoms with Gasteiger partial charge in [-0.25, -0.2) is 0 Å². The molecule has 0 saturated carbocycles. The Kier molecular flexibility index (Phi) is 7.30. The third-order valence-corrected chi connectivity index (χ3v) is 1.86. The van der Waals surface area contributed by atoms with Crippen LogP contribution in [0.25, 0.3) is 0 Å². The second kappa shape index (κ2) is 7.80. The molecule has 1 unspecified atom stereocenters. The van der Waals surface area contributed by atoms with Crippen molar-refractivity contribution in [2.45, 2.75) is 20.3 Å². The minimum atomic E-state index is -0.0183. The van der Waals surface area contributed by atoms with E-state index < -0.39 is 0 Å². The molecule has 3 heteroatoms. The van der Waals surface area contributed by atoms with Crippen LogP contribution in [0.3, 0.4) is 0 Å². The van der Waals surface area contributed by atoms with E-state index in [1.807, 2.05) is 26.0 Å². The molecule has 1 amide bonds. The fourth-order valence-corrected chi connectivity index (χ4v) is 1.00. The molecule has 0 fully saturated rings. The third kappa shape index (κ3) is 5.42. The van der Waals surface area contributed by atoms with Gasteiger partial charge in [-0.15, -0.1) is 0 Å². The first-order valence-electron chi connectivity index (χ1n) is 4.64. The Morgan fingerprint density at radius 1 is 1.62 bits per heavy atom. The van der Waals surface area contributed by atoms with Crippen LogP contribution in [-0.2, 0) is 9.53 Å². The summed E-state index contributed by atoms with van der Waals surface area (Å²) in [5, 5.41) is 2.81. The highest BCUT2D eigenvalue weighted by molar-refractivity contribution is 5.78. The summed E-state index contributed by atoms with van der Waals surface area (Å²) in [6, 6.07) is 0. The van der Waals surface area contributed by atoms with E-state index in [0.717, 1.165) is 6.42 Å². The monoisotopic (exact) mass is 185 g/mol. The van der Waals surface area contributed by atoms with Crippen LogP contribution in [0.4, 0.5) is 0 Å². The summed E-state index contributed by atoms with van der Waals surface area (Å²) in [5.74, 6) is 0.0534. The summed E-state index contributed by atoms with van der Waals surface area (Å²) in [6.07, 6.45) is 4.64. The van der Waals surface area contributed by atoms with Gasteiger partial charge < -0.3 is 10.1 Å². The van der Waals surface area contributed by atoms with Crippen molar-refractivity contribution in [2.75, 3.05) is 20.3 Å². The van der Waals surface area contributed by atoms with Gasteiger partial charge in [-0.05, 0) is 13.3 Å². The molecule has 0 saturated heterocycles. The van der Waals surface area contributed by atoms with Crippen LogP contribution in [0.5, 0.6) is 0 Å².